The molecule has 9 nitrogen and oxygen atoms in total. The van der Waals surface area contributed by atoms with Gasteiger partial charge in [0.25, 0.3) is 0 Å². The van der Waals surface area contributed by atoms with Crippen LogP contribution in [0.5, 0.6) is 0 Å². The number of rotatable bonds is 7. The largest absolute Gasteiger partial charge is 0.510 e. The van der Waals surface area contributed by atoms with Crippen molar-refractivity contribution in [1.29, 1.82) is 0 Å². The molecule has 6 rings (SSSR count). The van der Waals surface area contributed by atoms with Crippen LogP contribution in [0.2, 0.25) is 0 Å². The molecule has 1 aliphatic carbocycles. The van der Waals surface area contributed by atoms with E-state index in [1.807, 2.05) is 32.1 Å². The molecule has 5 heterocycles. The number of carboxylic acid groups (broad SMARTS) is 1. The summed E-state index contributed by atoms with van der Waals surface area (Å²) in [5, 5.41) is 24.8. The van der Waals surface area contributed by atoms with Crippen LogP contribution in [-0.4, -0.2) is 46.4 Å². The van der Waals surface area contributed by atoms with Crippen LogP contribution >= 0.6 is 0 Å². The van der Waals surface area contributed by atoms with E-state index in [1.165, 1.54) is 7.11 Å². The minimum atomic E-state index is -1.12. The molecule has 1 saturated heterocycles. The van der Waals surface area contributed by atoms with Crippen LogP contribution in [0.1, 0.15) is 47.0 Å². The SMILES string of the molecule is C=CC1=C(C)C2=NC1=CC1=NC(=CC3=C(C)C4=C(O)[C@H](C(=O)OC)C(=C5NC(=C2)[C@@H](C=C)[C@@H]5CCC(=O)O)C4=N3)C(CC)=C1C. The zero-order chi connectivity index (χ0) is 32.3. The van der Waals surface area contributed by atoms with Crippen molar-refractivity contribution in [2.75, 3.05) is 7.11 Å². The Labute approximate surface area is 262 Å². The molecule has 230 valence electrons. The number of carbonyl (C=O) groups excluding carboxylic acids is 1. The Kier molecular flexibility index (Phi) is 7.43. The normalized spacial score (nSPS) is 25.2. The van der Waals surface area contributed by atoms with Crippen LogP contribution in [0.15, 0.2) is 132 Å². The van der Waals surface area contributed by atoms with Gasteiger partial charge in [-0.1, -0.05) is 25.7 Å². The molecule has 1 fully saturated rings. The molecule has 0 saturated carbocycles. The third kappa shape index (κ3) is 4.56. The Balaban J connectivity index is 1.69. The van der Waals surface area contributed by atoms with E-state index in [0.717, 1.165) is 57.2 Å². The van der Waals surface area contributed by atoms with Gasteiger partial charge < -0.3 is 20.3 Å². The summed E-state index contributed by atoms with van der Waals surface area (Å²) < 4.78 is 5.17. The number of esters is 1. The zero-order valence-electron chi connectivity index (χ0n) is 26.1. The van der Waals surface area contributed by atoms with Gasteiger partial charge in [0.2, 0.25) is 0 Å². The first kappa shape index (κ1) is 30.0. The number of aliphatic hydroxyl groups is 1. The summed E-state index contributed by atoms with van der Waals surface area (Å²) in [6, 6.07) is 0. The van der Waals surface area contributed by atoms with Crippen LogP contribution in [0.25, 0.3) is 0 Å². The lowest BCUT2D eigenvalue weighted by Gasteiger charge is -2.20. The van der Waals surface area contributed by atoms with Crippen molar-refractivity contribution >= 4 is 29.1 Å². The van der Waals surface area contributed by atoms with Crippen molar-refractivity contribution in [3.8, 4) is 0 Å². The fourth-order valence-corrected chi connectivity index (χ4v) is 7.14. The summed E-state index contributed by atoms with van der Waals surface area (Å²) in [7, 11) is 1.28. The summed E-state index contributed by atoms with van der Waals surface area (Å²) in [6.45, 7) is 16.2. The quantitative estimate of drug-likeness (QED) is 0.232. The molecule has 0 radical (unpaired) electrons. The zero-order valence-corrected chi connectivity index (χ0v) is 26.1. The first-order valence-corrected chi connectivity index (χ1v) is 15.1. The molecule has 6 aliphatic rings. The lowest BCUT2D eigenvalue weighted by Crippen LogP contribution is -2.25. The van der Waals surface area contributed by atoms with Crippen LogP contribution < -0.4 is 5.32 Å². The second kappa shape index (κ2) is 11.1. The molecule has 0 amide bonds. The van der Waals surface area contributed by atoms with Gasteiger partial charge in [-0.05, 0) is 74.1 Å². The highest BCUT2D eigenvalue weighted by molar-refractivity contribution is 6.24. The Morgan fingerprint density at radius 2 is 1.73 bits per heavy atom. The van der Waals surface area contributed by atoms with Gasteiger partial charge in [0.15, 0.2) is 0 Å². The number of hydrogen-bond donors (Lipinski definition) is 3. The Hall–Kier alpha value is -5.05. The van der Waals surface area contributed by atoms with Gasteiger partial charge in [-0.25, -0.2) is 15.0 Å². The third-order valence-corrected chi connectivity index (χ3v) is 9.48. The molecule has 0 aromatic rings. The lowest BCUT2D eigenvalue weighted by atomic mass is 9.83. The van der Waals surface area contributed by atoms with Gasteiger partial charge >= 0.3 is 11.9 Å². The molecular formula is C36H36N4O5. The van der Waals surface area contributed by atoms with E-state index < -0.39 is 17.9 Å². The molecule has 3 N–H and O–H groups in total. The van der Waals surface area contributed by atoms with E-state index in [-0.39, 0.29) is 30.4 Å². The number of aliphatic hydroxyl groups excluding tert-OH is 1. The second-order valence-corrected chi connectivity index (χ2v) is 11.8. The van der Waals surface area contributed by atoms with Crippen molar-refractivity contribution in [2.24, 2.45) is 32.7 Å². The van der Waals surface area contributed by atoms with E-state index in [1.54, 1.807) is 12.2 Å². The van der Waals surface area contributed by atoms with Crippen LogP contribution in [0.4, 0.5) is 0 Å². The maximum Gasteiger partial charge on any atom is 0.321 e. The number of fused-ring (bicyclic) bond motifs is 5. The van der Waals surface area contributed by atoms with Gasteiger partial charge in [0, 0.05) is 46.4 Å². The van der Waals surface area contributed by atoms with E-state index in [4.69, 9.17) is 19.7 Å². The van der Waals surface area contributed by atoms with Gasteiger partial charge in [0.05, 0.1) is 41.3 Å². The highest BCUT2D eigenvalue weighted by Gasteiger charge is 2.49. The Morgan fingerprint density at radius 3 is 2.38 bits per heavy atom. The maximum atomic E-state index is 13.3. The smallest absolute Gasteiger partial charge is 0.321 e. The Morgan fingerprint density at radius 1 is 1.02 bits per heavy atom. The second-order valence-electron chi connectivity index (χ2n) is 11.8. The average molecular weight is 605 g/mol. The van der Waals surface area contributed by atoms with E-state index >= 15 is 0 Å². The number of carbonyl (C=O) groups is 2. The number of methoxy groups -OCH3 is 1. The van der Waals surface area contributed by atoms with Crippen LogP contribution in [0, 0.1) is 17.8 Å². The summed E-state index contributed by atoms with van der Waals surface area (Å²) in [5.41, 5.74) is 11.2. The van der Waals surface area contributed by atoms with Gasteiger partial charge in [-0.3, -0.25) is 9.59 Å². The number of nitrogens with zero attached hydrogens (tertiary/aromatic N) is 3. The molecule has 45 heavy (non-hydrogen) atoms. The number of carboxylic acids is 1. The fourth-order valence-electron chi connectivity index (χ4n) is 7.14. The molecular weight excluding hydrogens is 568 g/mol. The number of allylic oxidation sites excluding steroid dienone is 11. The van der Waals surface area contributed by atoms with Gasteiger partial charge in [-0.15, -0.1) is 6.58 Å². The van der Waals surface area contributed by atoms with Crippen molar-refractivity contribution < 1.29 is 24.5 Å². The van der Waals surface area contributed by atoms with E-state index in [2.05, 4.69) is 32.3 Å². The van der Waals surface area contributed by atoms with Gasteiger partial charge in [-0.2, -0.15) is 0 Å². The van der Waals surface area contributed by atoms with Crippen molar-refractivity contribution in [1.82, 2.24) is 5.32 Å². The van der Waals surface area contributed by atoms with Gasteiger partial charge in [0.1, 0.15) is 11.7 Å². The van der Waals surface area contributed by atoms with E-state index in [0.29, 0.717) is 33.8 Å². The molecule has 9 heteroatoms. The molecule has 0 spiro atoms. The monoisotopic (exact) mass is 604 g/mol. The van der Waals surface area contributed by atoms with Crippen LogP contribution in [0.3, 0.4) is 0 Å². The van der Waals surface area contributed by atoms with Crippen molar-refractivity contribution in [3.63, 3.8) is 0 Å². The number of hydrogen-bond acceptors (Lipinski definition) is 8. The third-order valence-electron chi connectivity index (χ3n) is 9.48. The fraction of sp³-hybridized carbons (Fsp3) is 0.306. The minimum Gasteiger partial charge on any atom is -0.510 e. The highest BCUT2D eigenvalue weighted by Crippen LogP contribution is 2.49. The minimum absolute atomic E-state index is 0.101. The predicted octanol–water partition coefficient (Wildman–Crippen LogP) is 6.27. The molecule has 0 aromatic heterocycles. The molecule has 0 unspecified atom stereocenters. The molecule has 5 aliphatic heterocycles. The highest BCUT2D eigenvalue weighted by atomic mass is 16.5. The summed E-state index contributed by atoms with van der Waals surface area (Å²) in [5.74, 6) is -3.53. The standard InChI is InChI=1S/C36H36N4O5/c1-8-19-17(5)24-14-28-21(10-3)22(11-12-29(41)42)33(40-28)31-32(36(44)45-7)35(43)30-18(6)25(39-34(30)31)15-27-20(9-2)16(4)23(37-27)13-26(19)38-24/h8,10,13-15,21-22,32,40,43H,1,3,9,11-12H2,2,4-7H3,(H,41,42)/t21-,22-,32+/m0/s1. The average Bonchev–Trinajstić information content (AvgIpc) is 3.76. The summed E-state index contributed by atoms with van der Waals surface area (Å²) in [6.07, 6.45) is 10.4. The number of aliphatic imine (C=N–C) groups is 3. The maximum absolute atomic E-state index is 13.3. The Bertz CT molecular complexity index is 1860. The summed E-state index contributed by atoms with van der Waals surface area (Å²) in [4.78, 5) is 40.1. The topological polar surface area (TPSA) is 133 Å². The number of nitrogens with one attached hydrogen (secondary N) is 1. The van der Waals surface area contributed by atoms with E-state index in [9.17, 15) is 19.8 Å². The first-order chi connectivity index (χ1) is 21.5. The molecule has 8 bridgehead atoms. The number of ether oxygens (including phenoxy) is 1. The predicted molar refractivity (Wildman–Crippen MR) is 175 cm³/mol. The summed E-state index contributed by atoms with van der Waals surface area (Å²) >= 11 is 0. The lowest BCUT2D eigenvalue weighted by molar-refractivity contribution is -0.143. The van der Waals surface area contributed by atoms with Crippen LogP contribution in [-0.2, 0) is 14.3 Å². The molecule has 3 atom stereocenters. The molecule has 0 aromatic carbocycles. The van der Waals surface area contributed by atoms with Crippen molar-refractivity contribution in [2.45, 2.75) is 47.0 Å². The van der Waals surface area contributed by atoms with Crippen molar-refractivity contribution in [3.05, 3.63) is 117 Å². The number of aliphatic carboxylic acids is 1. The first-order valence-electron chi connectivity index (χ1n) is 15.1.